The molecule has 2 rings (SSSR count). The van der Waals surface area contributed by atoms with Gasteiger partial charge in [-0.3, -0.25) is 0 Å². The number of oxazole rings is 1. The largest absolute Gasteiger partial charge is 0.422 e. The van der Waals surface area contributed by atoms with E-state index in [4.69, 9.17) is 9.68 Å². The van der Waals surface area contributed by atoms with Gasteiger partial charge in [0, 0.05) is 25.7 Å². The molecule has 1 aromatic carbocycles. The first-order valence-electron chi connectivity index (χ1n) is 7.19. The molecule has 6 nitrogen and oxygen atoms in total. The van der Waals surface area contributed by atoms with Gasteiger partial charge < -0.3 is 9.32 Å². The average Bonchev–Trinajstić information content (AvgIpc) is 2.90. The number of anilines is 2. The summed E-state index contributed by atoms with van der Waals surface area (Å²) in [6.45, 7) is 7.91. The molecule has 0 amide bonds. The molecule has 0 saturated heterocycles. The summed E-state index contributed by atoms with van der Waals surface area (Å²) >= 11 is 0. The Hall–Kier alpha value is -2.81. The van der Waals surface area contributed by atoms with Crippen molar-refractivity contribution in [2.45, 2.75) is 20.8 Å². The van der Waals surface area contributed by atoms with Crippen LogP contribution in [0.1, 0.15) is 31.0 Å². The Labute approximate surface area is 130 Å². The van der Waals surface area contributed by atoms with Crippen molar-refractivity contribution in [3.63, 3.8) is 0 Å². The Morgan fingerprint density at radius 1 is 1.32 bits per heavy atom. The van der Waals surface area contributed by atoms with Gasteiger partial charge in [-0.25, -0.2) is 10.4 Å². The molecule has 0 spiro atoms. The summed E-state index contributed by atoms with van der Waals surface area (Å²) in [4.78, 5) is 6.21. The van der Waals surface area contributed by atoms with E-state index in [2.05, 4.69) is 46.4 Å². The maximum atomic E-state index is 8.91. The third kappa shape index (κ3) is 3.64. The minimum atomic E-state index is 0.200. The van der Waals surface area contributed by atoms with Crippen molar-refractivity contribution in [3.05, 3.63) is 41.4 Å². The van der Waals surface area contributed by atoms with Crippen molar-refractivity contribution in [1.29, 1.82) is 5.26 Å². The summed E-state index contributed by atoms with van der Waals surface area (Å²) in [6.07, 6.45) is 1.67. The van der Waals surface area contributed by atoms with Gasteiger partial charge in [0.1, 0.15) is 6.07 Å². The number of rotatable bonds is 6. The lowest BCUT2D eigenvalue weighted by Gasteiger charge is -2.20. The zero-order chi connectivity index (χ0) is 15.9. The van der Waals surface area contributed by atoms with Crippen molar-refractivity contribution in [2.75, 3.05) is 23.4 Å². The lowest BCUT2D eigenvalue weighted by molar-refractivity contribution is 0.533. The Morgan fingerprint density at radius 3 is 2.59 bits per heavy atom. The Bertz CT molecular complexity index is 678. The molecular formula is C16H19N5O. The third-order valence-corrected chi connectivity index (χ3v) is 3.24. The lowest BCUT2D eigenvalue weighted by Crippen LogP contribution is -2.21. The smallest absolute Gasteiger partial charge is 0.252 e. The first-order valence-corrected chi connectivity index (χ1v) is 7.19. The Kier molecular flexibility index (Phi) is 5.15. The van der Waals surface area contributed by atoms with Crippen molar-refractivity contribution in [2.24, 2.45) is 5.10 Å². The fourth-order valence-electron chi connectivity index (χ4n) is 2.10. The van der Waals surface area contributed by atoms with Crippen LogP contribution in [0, 0.1) is 18.3 Å². The van der Waals surface area contributed by atoms with Crippen LogP contribution in [0.25, 0.3) is 0 Å². The van der Waals surface area contributed by atoms with Crippen molar-refractivity contribution in [1.82, 2.24) is 4.98 Å². The van der Waals surface area contributed by atoms with Crippen LogP contribution < -0.4 is 10.3 Å². The molecule has 0 aliphatic carbocycles. The second kappa shape index (κ2) is 7.27. The molecule has 1 aromatic heterocycles. The molecule has 0 bridgehead atoms. The molecular weight excluding hydrogens is 278 g/mol. The highest BCUT2D eigenvalue weighted by Crippen LogP contribution is 2.16. The van der Waals surface area contributed by atoms with Gasteiger partial charge in [-0.05, 0) is 31.5 Å². The van der Waals surface area contributed by atoms with E-state index in [1.165, 1.54) is 5.69 Å². The molecule has 2 aromatic rings. The Morgan fingerprint density at radius 2 is 2.00 bits per heavy atom. The van der Waals surface area contributed by atoms with E-state index in [1.807, 2.05) is 18.2 Å². The zero-order valence-corrected chi connectivity index (χ0v) is 13.0. The summed E-state index contributed by atoms with van der Waals surface area (Å²) in [5, 5.41) is 13.0. The van der Waals surface area contributed by atoms with Crippen LogP contribution >= 0.6 is 0 Å². The van der Waals surface area contributed by atoms with Gasteiger partial charge in [0.15, 0.2) is 5.89 Å². The van der Waals surface area contributed by atoms with Crippen LogP contribution in [-0.2, 0) is 0 Å². The van der Waals surface area contributed by atoms with Gasteiger partial charge >= 0.3 is 0 Å². The van der Waals surface area contributed by atoms with Gasteiger partial charge in [0.25, 0.3) is 5.88 Å². The molecule has 0 saturated carbocycles. The van der Waals surface area contributed by atoms with Crippen molar-refractivity contribution in [3.8, 4) is 6.07 Å². The second-order valence-corrected chi connectivity index (χ2v) is 4.66. The van der Waals surface area contributed by atoms with Crippen LogP contribution in [0.5, 0.6) is 0 Å². The summed E-state index contributed by atoms with van der Waals surface area (Å²) in [7, 11) is 0. The molecule has 1 heterocycles. The second-order valence-electron chi connectivity index (χ2n) is 4.66. The highest BCUT2D eigenvalue weighted by Gasteiger charge is 2.08. The van der Waals surface area contributed by atoms with E-state index in [0.29, 0.717) is 5.89 Å². The monoisotopic (exact) mass is 297 g/mol. The molecule has 0 aliphatic heterocycles. The van der Waals surface area contributed by atoms with E-state index in [1.54, 1.807) is 13.1 Å². The predicted molar refractivity (Wildman–Crippen MR) is 87.2 cm³/mol. The summed E-state index contributed by atoms with van der Waals surface area (Å²) < 4.78 is 5.26. The fourth-order valence-corrected chi connectivity index (χ4v) is 2.10. The zero-order valence-electron chi connectivity index (χ0n) is 13.0. The van der Waals surface area contributed by atoms with Crippen LogP contribution in [0.2, 0.25) is 0 Å². The van der Waals surface area contributed by atoms with Crippen molar-refractivity contribution < 1.29 is 4.42 Å². The van der Waals surface area contributed by atoms with E-state index in [9.17, 15) is 0 Å². The van der Waals surface area contributed by atoms with Gasteiger partial charge in [0.05, 0.1) is 6.21 Å². The van der Waals surface area contributed by atoms with E-state index in [0.717, 1.165) is 18.7 Å². The van der Waals surface area contributed by atoms with Crippen LogP contribution in [0.4, 0.5) is 11.6 Å². The quantitative estimate of drug-likeness (QED) is 0.654. The first kappa shape index (κ1) is 15.6. The van der Waals surface area contributed by atoms with E-state index >= 15 is 0 Å². The fraction of sp³-hybridized carbons (Fsp3) is 0.312. The summed E-state index contributed by atoms with van der Waals surface area (Å²) in [6, 6.07) is 10.1. The molecule has 6 heteroatoms. The molecule has 0 aliphatic rings. The van der Waals surface area contributed by atoms with Gasteiger partial charge in [-0.15, -0.1) is 0 Å². The standard InChI is InChI=1S/C16H19N5O/c1-4-21(5-2)14-8-6-13(7-9-14)11-18-20-16-15(10-17)19-12(3)22-16/h6-9,11,20H,4-5H2,1-3H3. The van der Waals surface area contributed by atoms with Crippen LogP contribution in [0.3, 0.4) is 0 Å². The predicted octanol–water partition coefficient (Wildman–Crippen LogP) is 3.15. The molecule has 22 heavy (non-hydrogen) atoms. The van der Waals surface area contributed by atoms with Crippen molar-refractivity contribution >= 4 is 17.8 Å². The topological polar surface area (TPSA) is 77.4 Å². The molecule has 0 fully saturated rings. The van der Waals surface area contributed by atoms with E-state index < -0.39 is 0 Å². The summed E-state index contributed by atoms with van der Waals surface area (Å²) in [5.41, 5.74) is 5.05. The number of nitrogens with one attached hydrogen (secondary N) is 1. The minimum Gasteiger partial charge on any atom is -0.422 e. The van der Waals surface area contributed by atoms with Gasteiger partial charge in [0.2, 0.25) is 5.69 Å². The number of aryl methyl sites for hydroxylation is 1. The minimum absolute atomic E-state index is 0.200. The molecule has 0 unspecified atom stereocenters. The Balaban J connectivity index is 2.03. The highest BCUT2D eigenvalue weighted by molar-refractivity contribution is 5.80. The normalized spacial score (nSPS) is 10.6. The summed E-state index contributed by atoms with van der Waals surface area (Å²) in [5.74, 6) is 0.689. The average molecular weight is 297 g/mol. The van der Waals surface area contributed by atoms with E-state index in [-0.39, 0.29) is 11.6 Å². The highest BCUT2D eigenvalue weighted by atomic mass is 16.4. The molecule has 0 radical (unpaired) electrons. The maximum absolute atomic E-state index is 8.91. The van der Waals surface area contributed by atoms with Gasteiger partial charge in [-0.1, -0.05) is 12.1 Å². The number of hydrogen-bond donors (Lipinski definition) is 1. The first-order chi connectivity index (χ1) is 10.7. The number of hydrazone groups is 1. The maximum Gasteiger partial charge on any atom is 0.252 e. The van der Waals surface area contributed by atoms with Crippen LogP contribution in [-0.4, -0.2) is 24.3 Å². The molecule has 114 valence electrons. The number of nitrogens with zero attached hydrogens (tertiary/aromatic N) is 4. The number of hydrogen-bond acceptors (Lipinski definition) is 6. The van der Waals surface area contributed by atoms with Gasteiger partial charge in [-0.2, -0.15) is 10.4 Å². The number of benzene rings is 1. The van der Waals surface area contributed by atoms with Crippen LogP contribution in [0.15, 0.2) is 33.8 Å². The molecule has 0 atom stereocenters. The number of nitriles is 1. The number of aromatic nitrogens is 1. The molecule has 1 N–H and O–H groups in total. The SMILES string of the molecule is CCN(CC)c1ccc(C=NNc2oc(C)nc2C#N)cc1. The lowest BCUT2D eigenvalue weighted by atomic mass is 10.2. The third-order valence-electron chi connectivity index (χ3n) is 3.24.